The first-order chi connectivity index (χ1) is 15.0. The number of nitrogens with one attached hydrogen (secondary N) is 1. The van der Waals surface area contributed by atoms with Gasteiger partial charge in [0.25, 0.3) is 0 Å². The van der Waals surface area contributed by atoms with Gasteiger partial charge in [0.05, 0.1) is 11.2 Å². The van der Waals surface area contributed by atoms with Gasteiger partial charge in [0.1, 0.15) is 6.61 Å². The summed E-state index contributed by atoms with van der Waals surface area (Å²) >= 11 is 0. The number of carbonyl (C=O) groups is 1. The number of amides is 1. The number of phenolic OH excluding ortho intramolecular Hbond substituents is 1. The molecule has 2 aromatic rings. The molecule has 1 heterocycles. The van der Waals surface area contributed by atoms with Crippen molar-refractivity contribution in [2.45, 2.75) is 45.5 Å². The van der Waals surface area contributed by atoms with Gasteiger partial charge in [0.15, 0.2) is 17.4 Å². The molecule has 1 saturated heterocycles. The molecule has 3 rings (SSSR count). The molecule has 32 heavy (non-hydrogen) atoms. The summed E-state index contributed by atoms with van der Waals surface area (Å²) in [5.74, 6) is -3.25. The van der Waals surface area contributed by atoms with Crippen LogP contribution in [-0.2, 0) is 20.7 Å². The second-order valence-electron chi connectivity index (χ2n) is 8.56. The smallest absolute Gasteiger partial charge is 0.492 e. The minimum atomic E-state index is -1.10. The maximum absolute atomic E-state index is 13.8. The van der Waals surface area contributed by atoms with Gasteiger partial charge in [-0.2, -0.15) is 0 Å². The highest BCUT2D eigenvalue weighted by Crippen LogP contribution is 2.39. The Bertz CT molecular complexity index is 972. The number of benzene rings is 2. The summed E-state index contributed by atoms with van der Waals surface area (Å²) in [4.78, 5) is 12.2. The van der Waals surface area contributed by atoms with Crippen LogP contribution >= 0.6 is 0 Å². The Labute approximate surface area is 186 Å². The minimum absolute atomic E-state index is 0.0471. The topological polar surface area (TPSA) is 77.0 Å². The maximum Gasteiger partial charge on any atom is 0.492 e. The van der Waals surface area contributed by atoms with Crippen LogP contribution in [0.15, 0.2) is 47.9 Å². The average Bonchev–Trinajstić information content (AvgIpc) is 2.95. The lowest BCUT2D eigenvalue weighted by Crippen LogP contribution is -2.41. The largest absolute Gasteiger partial charge is 0.503 e. The van der Waals surface area contributed by atoms with Crippen molar-refractivity contribution in [2.75, 3.05) is 6.54 Å². The monoisotopic (exact) mass is 445 g/mol. The van der Waals surface area contributed by atoms with Crippen LogP contribution in [0.25, 0.3) is 6.08 Å². The van der Waals surface area contributed by atoms with Gasteiger partial charge >= 0.3 is 13.2 Å². The highest BCUT2D eigenvalue weighted by atomic mass is 19.1. The Hall–Kier alpha value is -2.91. The second kappa shape index (κ2) is 9.30. The van der Waals surface area contributed by atoms with Crippen LogP contribution in [0.1, 0.15) is 38.8 Å². The minimum Gasteiger partial charge on any atom is -0.503 e. The van der Waals surface area contributed by atoms with Crippen LogP contribution in [0.3, 0.4) is 0 Å². The fraction of sp³-hybridized carbons (Fsp3) is 0.348. The number of hydrogen-bond donors (Lipinski definition) is 2. The van der Waals surface area contributed by atoms with Crippen LogP contribution in [0.5, 0.6) is 5.75 Å². The molecule has 1 aliphatic rings. The lowest BCUT2D eigenvalue weighted by Gasteiger charge is -2.32. The Balaban J connectivity index is 1.77. The second-order valence-corrected chi connectivity index (χ2v) is 8.56. The fourth-order valence-corrected chi connectivity index (χ4v) is 3.03. The molecule has 2 N–H and O–H groups in total. The van der Waals surface area contributed by atoms with E-state index in [1.54, 1.807) is 0 Å². The highest BCUT2D eigenvalue weighted by Gasteiger charge is 2.52. The van der Waals surface area contributed by atoms with E-state index in [0.29, 0.717) is 5.47 Å². The van der Waals surface area contributed by atoms with E-state index in [0.717, 1.165) is 17.7 Å². The molecule has 9 heteroatoms. The van der Waals surface area contributed by atoms with Crippen molar-refractivity contribution in [1.29, 1.82) is 0 Å². The summed E-state index contributed by atoms with van der Waals surface area (Å²) in [5.41, 5.74) is 0.0812. The highest BCUT2D eigenvalue weighted by molar-refractivity contribution is 6.56. The predicted molar refractivity (Wildman–Crippen MR) is 117 cm³/mol. The van der Waals surface area contributed by atoms with Crippen LogP contribution < -0.4 is 5.32 Å². The van der Waals surface area contributed by atoms with Crippen molar-refractivity contribution in [3.8, 4) is 5.75 Å². The number of halogens is 2. The van der Waals surface area contributed by atoms with Gasteiger partial charge in [-0.25, -0.2) is 13.6 Å². The molecule has 0 radical (unpaired) electrons. The van der Waals surface area contributed by atoms with Crippen molar-refractivity contribution in [2.24, 2.45) is 0 Å². The van der Waals surface area contributed by atoms with Gasteiger partial charge in [-0.15, -0.1) is 0 Å². The van der Waals surface area contributed by atoms with E-state index in [4.69, 9.17) is 14.0 Å². The lowest BCUT2D eigenvalue weighted by atomic mass is 9.77. The van der Waals surface area contributed by atoms with E-state index in [-0.39, 0.29) is 18.7 Å². The first-order valence-corrected chi connectivity index (χ1v) is 10.2. The molecule has 0 spiro atoms. The molecule has 6 nitrogen and oxygen atoms in total. The zero-order chi connectivity index (χ0) is 23.5. The molecule has 1 amide bonds. The fourth-order valence-electron chi connectivity index (χ4n) is 3.03. The summed E-state index contributed by atoms with van der Waals surface area (Å²) in [5, 5.41) is 12.0. The van der Waals surface area contributed by atoms with Gasteiger partial charge < -0.3 is 24.5 Å². The molecule has 1 fully saturated rings. The van der Waals surface area contributed by atoms with E-state index in [1.165, 1.54) is 6.08 Å². The van der Waals surface area contributed by atoms with E-state index < -0.39 is 41.8 Å². The summed E-state index contributed by atoms with van der Waals surface area (Å²) in [6.07, 6.45) is 0.782. The zero-order valence-corrected chi connectivity index (χ0v) is 18.4. The average molecular weight is 445 g/mol. The predicted octanol–water partition coefficient (Wildman–Crippen LogP) is 4.61. The number of rotatable bonds is 6. The molecule has 2 aromatic carbocycles. The third-order valence-corrected chi connectivity index (χ3v) is 5.60. The third kappa shape index (κ3) is 5.47. The molecule has 0 atom stereocenters. The van der Waals surface area contributed by atoms with Gasteiger partial charge in [-0.05, 0) is 56.4 Å². The molecule has 0 aliphatic carbocycles. The normalized spacial score (nSPS) is 17.3. The van der Waals surface area contributed by atoms with Crippen LogP contribution in [-0.4, -0.2) is 36.1 Å². The van der Waals surface area contributed by atoms with Crippen molar-refractivity contribution < 1.29 is 32.7 Å². The van der Waals surface area contributed by atoms with E-state index >= 15 is 0 Å². The van der Waals surface area contributed by atoms with E-state index in [9.17, 15) is 18.7 Å². The zero-order valence-electron chi connectivity index (χ0n) is 18.4. The summed E-state index contributed by atoms with van der Waals surface area (Å²) in [6, 6.07) is 11.2. The van der Waals surface area contributed by atoms with Gasteiger partial charge in [-0.1, -0.05) is 36.4 Å². The number of ether oxygens (including phenoxy) is 1. The number of alkyl carbamates (subject to hydrolysis) is 1. The molecular formula is C23H26BF2NO5. The number of carbonyl (C=O) groups excluding carboxylic acids is 1. The van der Waals surface area contributed by atoms with E-state index in [2.05, 4.69) is 5.32 Å². The Morgan fingerprint density at radius 3 is 2.22 bits per heavy atom. The molecular weight excluding hydrogens is 419 g/mol. The van der Waals surface area contributed by atoms with Gasteiger partial charge in [0, 0.05) is 6.54 Å². The molecule has 170 valence electrons. The van der Waals surface area contributed by atoms with Gasteiger partial charge in [0.2, 0.25) is 0 Å². The summed E-state index contributed by atoms with van der Waals surface area (Å²) in [7, 11) is -0.866. The Morgan fingerprint density at radius 2 is 1.66 bits per heavy atom. The number of phenols is 1. The Kier molecular flexibility index (Phi) is 6.90. The van der Waals surface area contributed by atoms with Crippen LogP contribution in [0.4, 0.5) is 13.6 Å². The summed E-state index contributed by atoms with van der Waals surface area (Å²) < 4.78 is 44.9. The number of aromatic hydroxyl groups is 1. The molecule has 0 saturated carbocycles. The molecule has 0 bridgehead atoms. The quantitative estimate of drug-likeness (QED) is 0.636. The van der Waals surface area contributed by atoms with Crippen molar-refractivity contribution >= 4 is 19.3 Å². The molecule has 0 aromatic heterocycles. The molecule has 1 aliphatic heterocycles. The Morgan fingerprint density at radius 1 is 1.09 bits per heavy atom. The van der Waals surface area contributed by atoms with Crippen LogP contribution in [0, 0.1) is 11.6 Å². The standard InChI is InChI=1S/C23H26BF2NO5/c1-22(2)23(3,4)32-24(31-22)17(10-16-11-18(25)20(28)19(26)12-16)13-27-21(29)30-14-15-8-6-5-7-9-15/h5-12,28H,13-14H2,1-4H3,(H,27,29). The van der Waals surface area contributed by atoms with Crippen molar-refractivity contribution in [1.82, 2.24) is 5.32 Å². The first-order valence-electron chi connectivity index (χ1n) is 10.2. The summed E-state index contributed by atoms with van der Waals surface area (Å²) in [6.45, 7) is 7.52. The van der Waals surface area contributed by atoms with E-state index in [1.807, 2.05) is 58.0 Å². The lowest BCUT2D eigenvalue weighted by molar-refractivity contribution is 0.00578. The first kappa shape index (κ1) is 23.8. The van der Waals surface area contributed by atoms with Gasteiger partial charge in [-0.3, -0.25) is 0 Å². The van der Waals surface area contributed by atoms with Crippen molar-refractivity contribution in [3.63, 3.8) is 0 Å². The van der Waals surface area contributed by atoms with Crippen molar-refractivity contribution in [3.05, 3.63) is 70.7 Å². The maximum atomic E-state index is 13.8. The number of hydrogen-bond acceptors (Lipinski definition) is 5. The van der Waals surface area contributed by atoms with Crippen LogP contribution in [0.2, 0.25) is 0 Å². The molecule has 0 unspecified atom stereocenters. The SMILES string of the molecule is CC1(C)OB(C(=Cc2cc(F)c(O)c(F)c2)CNC(=O)OCc2ccccc2)OC1(C)C. The third-order valence-electron chi connectivity index (χ3n) is 5.60.